The molecule has 0 saturated carbocycles. The number of anilines is 3. The van der Waals surface area contributed by atoms with E-state index in [0.717, 1.165) is 23.8 Å². The zero-order chi connectivity index (χ0) is 22.9. The molecule has 0 bridgehead atoms. The van der Waals surface area contributed by atoms with Crippen molar-refractivity contribution in [3.05, 3.63) is 66.0 Å². The van der Waals surface area contributed by atoms with E-state index in [1.165, 1.54) is 49.9 Å². The first kappa shape index (κ1) is 22.9. The number of methoxy groups -OCH3 is 2. The van der Waals surface area contributed by atoms with E-state index in [1.54, 1.807) is 20.5 Å². The van der Waals surface area contributed by atoms with E-state index >= 15 is 0 Å². The summed E-state index contributed by atoms with van der Waals surface area (Å²) < 4.78 is 10.7. The molecule has 33 heavy (non-hydrogen) atoms. The number of benzene rings is 2. The van der Waals surface area contributed by atoms with Gasteiger partial charge in [0.15, 0.2) is 0 Å². The molecule has 7 nitrogen and oxygen atoms in total. The third kappa shape index (κ3) is 6.58. The fraction of sp³-hybridized carbons (Fsp3) is 0.385. The van der Waals surface area contributed by atoms with Gasteiger partial charge in [-0.3, -0.25) is 4.90 Å². The van der Waals surface area contributed by atoms with Crippen molar-refractivity contribution in [3.63, 3.8) is 0 Å². The second-order valence-corrected chi connectivity index (χ2v) is 8.34. The molecule has 1 aliphatic rings. The summed E-state index contributed by atoms with van der Waals surface area (Å²) in [6.45, 7) is 4.14. The van der Waals surface area contributed by atoms with Crippen molar-refractivity contribution in [1.29, 1.82) is 0 Å². The third-order valence-corrected chi connectivity index (χ3v) is 5.91. The topological polar surface area (TPSA) is 71.5 Å². The fourth-order valence-electron chi connectivity index (χ4n) is 4.15. The summed E-state index contributed by atoms with van der Waals surface area (Å²) in [6, 6.07) is 16.3. The minimum absolute atomic E-state index is 0.684. The predicted molar refractivity (Wildman–Crippen MR) is 132 cm³/mol. The zero-order valence-corrected chi connectivity index (χ0v) is 19.5. The van der Waals surface area contributed by atoms with Gasteiger partial charge in [0.2, 0.25) is 0 Å². The summed E-state index contributed by atoms with van der Waals surface area (Å²) in [7, 11) is 3.27. The van der Waals surface area contributed by atoms with E-state index in [2.05, 4.69) is 49.8 Å². The highest BCUT2D eigenvalue weighted by molar-refractivity contribution is 5.66. The Labute approximate surface area is 196 Å². The van der Waals surface area contributed by atoms with Gasteiger partial charge in [-0.05, 0) is 49.2 Å². The van der Waals surface area contributed by atoms with E-state index in [4.69, 9.17) is 9.47 Å². The lowest BCUT2D eigenvalue weighted by Crippen LogP contribution is -2.24. The maximum atomic E-state index is 5.46. The largest absolute Gasteiger partial charge is 0.497 e. The quantitative estimate of drug-likeness (QED) is 0.466. The number of hydrogen-bond acceptors (Lipinski definition) is 7. The van der Waals surface area contributed by atoms with Crippen LogP contribution in [0.2, 0.25) is 0 Å². The lowest BCUT2D eigenvalue weighted by molar-refractivity contribution is 0.277. The maximum absolute atomic E-state index is 5.46. The Morgan fingerprint density at radius 2 is 1.64 bits per heavy atom. The Morgan fingerprint density at radius 1 is 0.848 bits per heavy atom. The van der Waals surface area contributed by atoms with Crippen molar-refractivity contribution in [1.82, 2.24) is 14.9 Å². The summed E-state index contributed by atoms with van der Waals surface area (Å²) in [5.74, 6) is 2.87. The summed E-state index contributed by atoms with van der Waals surface area (Å²) >= 11 is 0. The molecule has 174 valence electrons. The molecule has 0 spiro atoms. The molecular formula is C26H33N5O2. The van der Waals surface area contributed by atoms with Gasteiger partial charge in [-0.25, -0.2) is 9.97 Å². The smallest absolute Gasteiger partial charge is 0.146 e. The normalized spacial score (nSPS) is 14.4. The number of likely N-dealkylation sites (tertiary alicyclic amines) is 1. The van der Waals surface area contributed by atoms with Crippen molar-refractivity contribution >= 4 is 17.3 Å². The van der Waals surface area contributed by atoms with Crippen LogP contribution in [-0.4, -0.2) is 42.2 Å². The lowest BCUT2D eigenvalue weighted by Gasteiger charge is -2.20. The fourth-order valence-corrected chi connectivity index (χ4v) is 4.15. The highest BCUT2D eigenvalue weighted by Gasteiger charge is 2.10. The number of nitrogens with one attached hydrogen (secondary N) is 2. The number of rotatable bonds is 9. The van der Waals surface area contributed by atoms with Crippen molar-refractivity contribution in [2.75, 3.05) is 37.9 Å². The van der Waals surface area contributed by atoms with Gasteiger partial charge in [-0.1, -0.05) is 37.1 Å². The van der Waals surface area contributed by atoms with Gasteiger partial charge in [0, 0.05) is 25.2 Å². The van der Waals surface area contributed by atoms with E-state index in [9.17, 15) is 0 Å². The Balaban J connectivity index is 1.37. The molecular weight excluding hydrogens is 414 g/mol. The zero-order valence-electron chi connectivity index (χ0n) is 19.5. The Kier molecular flexibility index (Phi) is 7.98. The maximum Gasteiger partial charge on any atom is 0.146 e. The molecule has 0 aliphatic carbocycles. The summed E-state index contributed by atoms with van der Waals surface area (Å²) in [5.41, 5.74) is 3.42. The first-order chi connectivity index (χ1) is 16.2. The van der Waals surface area contributed by atoms with E-state index < -0.39 is 0 Å². The minimum atomic E-state index is 0.684. The van der Waals surface area contributed by atoms with Crippen LogP contribution in [0.15, 0.2) is 54.9 Å². The number of nitrogens with zero attached hydrogens (tertiary/aromatic N) is 3. The molecule has 2 N–H and O–H groups in total. The molecule has 7 heteroatoms. The van der Waals surface area contributed by atoms with Crippen LogP contribution in [0.25, 0.3) is 0 Å². The van der Waals surface area contributed by atoms with Crippen LogP contribution in [0.5, 0.6) is 11.5 Å². The highest BCUT2D eigenvalue weighted by Crippen LogP contribution is 2.31. The standard InChI is InChI=1S/C26H33N5O2/c1-32-22-10-11-23(24(15-22)33-2)30-26-16-25(28-19-29-26)27-17-20-8-7-9-21(14-20)18-31-12-5-3-4-6-13-31/h7-11,14-16,19H,3-6,12-13,17-18H2,1-2H3,(H2,27,28,29,30). The van der Waals surface area contributed by atoms with Crippen molar-refractivity contribution in [3.8, 4) is 11.5 Å². The second-order valence-electron chi connectivity index (χ2n) is 8.34. The van der Waals surface area contributed by atoms with Gasteiger partial charge in [0.25, 0.3) is 0 Å². The average molecular weight is 448 g/mol. The van der Waals surface area contributed by atoms with Gasteiger partial charge in [-0.2, -0.15) is 0 Å². The summed E-state index contributed by atoms with van der Waals surface area (Å²) in [4.78, 5) is 11.3. The van der Waals surface area contributed by atoms with Crippen LogP contribution in [0.1, 0.15) is 36.8 Å². The Morgan fingerprint density at radius 3 is 2.42 bits per heavy atom. The highest BCUT2D eigenvalue weighted by atomic mass is 16.5. The van der Waals surface area contributed by atoms with Crippen molar-refractivity contribution in [2.24, 2.45) is 0 Å². The molecule has 2 aromatic carbocycles. The third-order valence-electron chi connectivity index (χ3n) is 5.91. The van der Waals surface area contributed by atoms with Crippen molar-refractivity contribution in [2.45, 2.75) is 38.8 Å². The first-order valence-corrected chi connectivity index (χ1v) is 11.6. The first-order valence-electron chi connectivity index (χ1n) is 11.6. The Hall–Kier alpha value is -3.32. The van der Waals surface area contributed by atoms with Crippen LogP contribution in [0.4, 0.5) is 17.3 Å². The van der Waals surface area contributed by atoms with E-state index in [0.29, 0.717) is 18.1 Å². The summed E-state index contributed by atoms with van der Waals surface area (Å²) in [6.07, 6.45) is 6.90. The van der Waals surface area contributed by atoms with Gasteiger partial charge in [-0.15, -0.1) is 0 Å². The van der Waals surface area contributed by atoms with Crippen LogP contribution in [0, 0.1) is 0 Å². The molecule has 3 aromatic rings. The van der Waals surface area contributed by atoms with Gasteiger partial charge in [0.05, 0.1) is 19.9 Å². The van der Waals surface area contributed by atoms with Gasteiger partial charge in [0.1, 0.15) is 29.5 Å². The second kappa shape index (κ2) is 11.5. The molecule has 0 amide bonds. The minimum Gasteiger partial charge on any atom is -0.497 e. The van der Waals surface area contributed by atoms with Crippen molar-refractivity contribution < 1.29 is 9.47 Å². The molecule has 2 heterocycles. The average Bonchev–Trinajstić information content (AvgIpc) is 3.12. The molecule has 0 unspecified atom stereocenters. The van der Waals surface area contributed by atoms with E-state index in [1.807, 2.05) is 24.3 Å². The van der Waals surface area contributed by atoms with Gasteiger partial charge < -0.3 is 20.1 Å². The molecule has 1 aromatic heterocycles. The summed E-state index contributed by atoms with van der Waals surface area (Å²) in [5, 5.41) is 6.71. The predicted octanol–water partition coefficient (Wildman–Crippen LogP) is 5.23. The van der Waals surface area contributed by atoms with Crippen LogP contribution in [0.3, 0.4) is 0 Å². The number of ether oxygens (including phenoxy) is 2. The SMILES string of the molecule is COc1ccc(Nc2cc(NCc3cccc(CN4CCCCCC4)c3)ncn2)c(OC)c1. The molecule has 1 saturated heterocycles. The van der Waals surface area contributed by atoms with Crippen LogP contribution in [-0.2, 0) is 13.1 Å². The molecule has 4 rings (SSSR count). The molecule has 0 atom stereocenters. The van der Waals surface area contributed by atoms with Crippen LogP contribution < -0.4 is 20.1 Å². The molecule has 1 fully saturated rings. The monoisotopic (exact) mass is 447 g/mol. The van der Waals surface area contributed by atoms with Crippen LogP contribution >= 0.6 is 0 Å². The molecule has 1 aliphatic heterocycles. The van der Waals surface area contributed by atoms with Gasteiger partial charge >= 0.3 is 0 Å². The molecule has 0 radical (unpaired) electrons. The Bertz CT molecular complexity index is 1030. The van der Waals surface area contributed by atoms with E-state index in [-0.39, 0.29) is 0 Å². The number of hydrogen-bond donors (Lipinski definition) is 2. The lowest BCUT2D eigenvalue weighted by atomic mass is 10.1. The number of aromatic nitrogens is 2.